The van der Waals surface area contributed by atoms with Gasteiger partial charge in [0.15, 0.2) is 0 Å². The molecule has 0 amide bonds. The van der Waals surface area contributed by atoms with Crippen LogP contribution in [0.5, 0.6) is 0 Å². The molecule has 1 saturated heterocycles. The van der Waals surface area contributed by atoms with Crippen molar-refractivity contribution in [3.8, 4) is 0 Å². The summed E-state index contributed by atoms with van der Waals surface area (Å²) in [5.74, 6) is 0. The van der Waals surface area contributed by atoms with Gasteiger partial charge in [-0.25, -0.2) is 0 Å². The lowest BCUT2D eigenvalue weighted by Gasteiger charge is -2.42. The van der Waals surface area contributed by atoms with Crippen LogP contribution in [-0.2, 0) is 0 Å². The van der Waals surface area contributed by atoms with Crippen LogP contribution in [0.1, 0.15) is 71.6 Å². The van der Waals surface area contributed by atoms with Crippen LogP contribution in [0.25, 0.3) is 0 Å². The van der Waals surface area contributed by atoms with Crippen LogP contribution >= 0.6 is 0 Å². The average Bonchev–Trinajstić information content (AvgIpc) is 2.47. The summed E-state index contributed by atoms with van der Waals surface area (Å²) in [7, 11) is 0. The van der Waals surface area contributed by atoms with Gasteiger partial charge >= 0.3 is 0 Å². The van der Waals surface area contributed by atoms with Crippen LogP contribution in [0, 0.1) is 0 Å². The molecule has 0 aromatic rings. The number of aliphatic hydroxyl groups excluding tert-OH is 1. The fourth-order valence-electron chi connectivity index (χ4n) is 3.91. The van der Waals surface area contributed by atoms with E-state index in [2.05, 4.69) is 24.1 Å². The van der Waals surface area contributed by atoms with E-state index in [1.54, 1.807) is 0 Å². The van der Waals surface area contributed by atoms with Crippen molar-refractivity contribution >= 4 is 0 Å². The van der Waals surface area contributed by atoms with E-state index in [1.807, 2.05) is 0 Å². The van der Waals surface area contributed by atoms with Crippen molar-refractivity contribution in [2.24, 2.45) is 0 Å². The average molecular weight is 282 g/mol. The van der Waals surface area contributed by atoms with Crippen molar-refractivity contribution in [2.75, 3.05) is 13.1 Å². The molecule has 1 aliphatic carbocycles. The Morgan fingerprint density at radius 3 is 2.50 bits per heavy atom. The summed E-state index contributed by atoms with van der Waals surface area (Å²) in [6.45, 7) is 6.92. The largest absolute Gasteiger partial charge is 0.391 e. The highest BCUT2D eigenvalue weighted by molar-refractivity contribution is 4.88. The van der Waals surface area contributed by atoms with Crippen LogP contribution < -0.4 is 5.32 Å². The summed E-state index contributed by atoms with van der Waals surface area (Å²) in [5.41, 5.74) is 0. The van der Waals surface area contributed by atoms with E-state index < -0.39 is 0 Å². The maximum absolute atomic E-state index is 10.2. The number of rotatable bonds is 6. The topological polar surface area (TPSA) is 35.5 Å². The van der Waals surface area contributed by atoms with Gasteiger partial charge in [-0.1, -0.05) is 32.6 Å². The number of aliphatic hydroxyl groups is 1. The second kappa shape index (κ2) is 8.35. The summed E-state index contributed by atoms with van der Waals surface area (Å²) < 4.78 is 0. The van der Waals surface area contributed by atoms with E-state index in [0.717, 1.165) is 6.42 Å². The highest BCUT2D eigenvalue weighted by Gasteiger charge is 2.31. The summed E-state index contributed by atoms with van der Waals surface area (Å²) in [5, 5.41) is 14.0. The Morgan fingerprint density at radius 1 is 1.15 bits per heavy atom. The number of hydrogen-bond acceptors (Lipinski definition) is 3. The highest BCUT2D eigenvalue weighted by Crippen LogP contribution is 2.26. The first-order valence-corrected chi connectivity index (χ1v) is 8.89. The lowest BCUT2D eigenvalue weighted by molar-refractivity contribution is 0.00666. The van der Waals surface area contributed by atoms with E-state index in [-0.39, 0.29) is 6.10 Å². The van der Waals surface area contributed by atoms with Crippen molar-refractivity contribution in [3.63, 3.8) is 0 Å². The summed E-state index contributed by atoms with van der Waals surface area (Å²) >= 11 is 0. The van der Waals surface area contributed by atoms with Crippen molar-refractivity contribution in [2.45, 2.75) is 95.9 Å². The minimum absolute atomic E-state index is 0.0725. The smallest absolute Gasteiger partial charge is 0.0695 e. The van der Waals surface area contributed by atoms with Crippen molar-refractivity contribution in [3.05, 3.63) is 0 Å². The molecule has 0 spiro atoms. The van der Waals surface area contributed by atoms with Gasteiger partial charge in [-0.3, -0.25) is 4.90 Å². The minimum atomic E-state index is -0.0725. The Balaban J connectivity index is 1.69. The van der Waals surface area contributed by atoms with Crippen molar-refractivity contribution in [1.82, 2.24) is 10.2 Å². The van der Waals surface area contributed by atoms with Crippen LogP contribution in [0.2, 0.25) is 0 Å². The molecule has 118 valence electrons. The van der Waals surface area contributed by atoms with E-state index in [1.165, 1.54) is 64.5 Å². The molecule has 2 fully saturated rings. The number of unbranched alkanes of at least 4 members (excludes halogenated alkanes) is 1. The van der Waals surface area contributed by atoms with Gasteiger partial charge in [0.1, 0.15) is 0 Å². The first-order valence-electron chi connectivity index (χ1n) is 8.89. The minimum Gasteiger partial charge on any atom is -0.391 e. The highest BCUT2D eigenvalue weighted by atomic mass is 16.3. The van der Waals surface area contributed by atoms with Gasteiger partial charge in [0.25, 0.3) is 0 Å². The second-order valence-corrected chi connectivity index (χ2v) is 6.94. The molecule has 20 heavy (non-hydrogen) atoms. The van der Waals surface area contributed by atoms with Gasteiger partial charge in [-0.05, 0) is 39.0 Å². The molecular formula is C17H34N2O. The van der Waals surface area contributed by atoms with Crippen molar-refractivity contribution in [1.29, 1.82) is 0 Å². The molecular weight excluding hydrogens is 248 g/mol. The number of likely N-dealkylation sites (tertiary alicyclic amines) is 1. The zero-order chi connectivity index (χ0) is 14.4. The summed E-state index contributed by atoms with van der Waals surface area (Å²) in [4.78, 5) is 2.55. The summed E-state index contributed by atoms with van der Waals surface area (Å²) in [6, 6.07) is 1.80. The Kier molecular flexibility index (Phi) is 6.79. The van der Waals surface area contributed by atoms with E-state index in [0.29, 0.717) is 18.1 Å². The number of nitrogens with zero attached hydrogens (tertiary/aromatic N) is 1. The molecule has 1 saturated carbocycles. The zero-order valence-electron chi connectivity index (χ0n) is 13.5. The van der Waals surface area contributed by atoms with Crippen molar-refractivity contribution < 1.29 is 5.11 Å². The molecule has 2 aliphatic rings. The maximum Gasteiger partial charge on any atom is 0.0695 e. The molecule has 3 nitrogen and oxygen atoms in total. The summed E-state index contributed by atoms with van der Waals surface area (Å²) in [6.07, 6.45) is 11.1. The molecule has 0 aromatic heterocycles. The number of nitrogens with one attached hydrogen (secondary N) is 1. The van der Waals surface area contributed by atoms with Gasteiger partial charge in [0.2, 0.25) is 0 Å². The first kappa shape index (κ1) is 16.3. The molecule has 2 N–H and O–H groups in total. The first-order chi connectivity index (χ1) is 9.70. The zero-order valence-corrected chi connectivity index (χ0v) is 13.5. The molecule has 0 radical (unpaired) electrons. The van der Waals surface area contributed by atoms with Gasteiger partial charge in [0, 0.05) is 31.2 Å². The standard InChI is InChI=1S/C17H34N2O/c1-3-4-7-14(2)18-15-10-12-19(13-11-15)16-8-5-6-9-17(16)20/h14-18,20H,3-13H2,1-2H3. The van der Waals surface area contributed by atoms with Gasteiger partial charge in [0.05, 0.1) is 6.10 Å². The molecule has 1 heterocycles. The third kappa shape index (κ3) is 4.71. The predicted octanol–water partition coefficient (Wildman–Crippen LogP) is 2.92. The Hall–Kier alpha value is -0.120. The lowest BCUT2D eigenvalue weighted by Crippen LogP contribution is -2.52. The van der Waals surface area contributed by atoms with Crippen LogP contribution in [-0.4, -0.2) is 47.3 Å². The molecule has 3 heteroatoms. The van der Waals surface area contributed by atoms with E-state index >= 15 is 0 Å². The molecule has 3 atom stereocenters. The van der Waals surface area contributed by atoms with Gasteiger partial charge in [-0.15, -0.1) is 0 Å². The molecule has 2 rings (SSSR count). The monoisotopic (exact) mass is 282 g/mol. The molecule has 1 aliphatic heterocycles. The van der Waals surface area contributed by atoms with Gasteiger partial charge < -0.3 is 10.4 Å². The number of piperidine rings is 1. The van der Waals surface area contributed by atoms with Crippen LogP contribution in [0.15, 0.2) is 0 Å². The van der Waals surface area contributed by atoms with Crippen LogP contribution in [0.4, 0.5) is 0 Å². The molecule has 3 unspecified atom stereocenters. The Bertz CT molecular complexity index is 264. The van der Waals surface area contributed by atoms with E-state index in [9.17, 15) is 5.11 Å². The lowest BCUT2D eigenvalue weighted by atomic mass is 9.89. The molecule has 0 bridgehead atoms. The molecule has 0 aromatic carbocycles. The fraction of sp³-hybridized carbons (Fsp3) is 1.00. The third-order valence-corrected chi connectivity index (χ3v) is 5.20. The predicted molar refractivity (Wildman–Crippen MR) is 85.0 cm³/mol. The Labute approximate surface area is 125 Å². The Morgan fingerprint density at radius 2 is 1.85 bits per heavy atom. The second-order valence-electron chi connectivity index (χ2n) is 6.94. The van der Waals surface area contributed by atoms with Crippen LogP contribution in [0.3, 0.4) is 0 Å². The van der Waals surface area contributed by atoms with E-state index in [4.69, 9.17) is 0 Å². The SMILES string of the molecule is CCCCC(C)NC1CCN(C2CCCCC2O)CC1. The number of hydrogen-bond donors (Lipinski definition) is 2. The third-order valence-electron chi connectivity index (χ3n) is 5.20. The normalized spacial score (nSPS) is 31.4. The quantitative estimate of drug-likeness (QED) is 0.786. The van der Waals surface area contributed by atoms with Gasteiger partial charge in [-0.2, -0.15) is 0 Å². The maximum atomic E-state index is 10.2. The fourth-order valence-corrected chi connectivity index (χ4v) is 3.91.